The van der Waals surface area contributed by atoms with Gasteiger partial charge in [0.25, 0.3) is 5.91 Å². The topological polar surface area (TPSA) is 58.4 Å². The minimum atomic E-state index is -4.44. The highest BCUT2D eigenvalue weighted by atomic mass is 19.4. The van der Waals surface area contributed by atoms with E-state index in [1.807, 2.05) is 37.3 Å². The number of hydrazone groups is 1. The van der Waals surface area contributed by atoms with Crippen molar-refractivity contribution in [2.45, 2.75) is 19.6 Å². The smallest absolute Gasteiger partial charge is 0.376 e. The molecule has 1 heterocycles. The average Bonchev–Trinajstić information content (AvgIpc) is 2.98. The van der Waals surface area contributed by atoms with Gasteiger partial charge < -0.3 is 9.88 Å². The fourth-order valence-electron chi connectivity index (χ4n) is 3.18. The fourth-order valence-corrected chi connectivity index (χ4v) is 3.18. The van der Waals surface area contributed by atoms with E-state index in [2.05, 4.69) is 27.0 Å². The van der Waals surface area contributed by atoms with E-state index in [1.54, 1.807) is 6.21 Å². The summed E-state index contributed by atoms with van der Waals surface area (Å²) in [5.74, 6) is -0.476. The van der Waals surface area contributed by atoms with Crippen molar-refractivity contribution >= 4 is 28.7 Å². The van der Waals surface area contributed by atoms with Crippen LogP contribution in [0, 0.1) is 6.92 Å². The number of aromatic nitrogens is 1. The molecule has 0 atom stereocenters. The number of halogens is 3. The molecule has 0 aliphatic heterocycles. The molecule has 3 aromatic rings. The Morgan fingerprint density at radius 1 is 1.20 bits per heavy atom. The first-order chi connectivity index (χ1) is 14.3. The van der Waals surface area contributed by atoms with Crippen LogP contribution in [0.3, 0.4) is 0 Å². The Morgan fingerprint density at radius 2 is 1.97 bits per heavy atom. The highest BCUT2D eigenvalue weighted by molar-refractivity contribution is 6.01. The Hall–Kier alpha value is -3.55. The molecule has 156 valence electrons. The zero-order chi connectivity index (χ0) is 21.7. The number of nitrogens with zero attached hydrogens (tertiary/aromatic N) is 2. The minimum Gasteiger partial charge on any atom is -0.376 e. The number of hydrogen-bond donors (Lipinski definition) is 2. The van der Waals surface area contributed by atoms with E-state index >= 15 is 0 Å². The second-order valence-electron chi connectivity index (χ2n) is 6.64. The maximum Gasteiger partial charge on any atom is 0.416 e. The Labute approximate surface area is 171 Å². The van der Waals surface area contributed by atoms with E-state index in [0.29, 0.717) is 6.54 Å². The summed E-state index contributed by atoms with van der Waals surface area (Å²) in [5, 5.41) is 7.67. The van der Waals surface area contributed by atoms with Gasteiger partial charge >= 0.3 is 6.18 Å². The van der Waals surface area contributed by atoms with Crippen molar-refractivity contribution in [3.8, 4) is 0 Å². The van der Waals surface area contributed by atoms with Crippen molar-refractivity contribution in [2.24, 2.45) is 5.10 Å². The Kier molecular flexibility index (Phi) is 6.25. The van der Waals surface area contributed by atoms with Crippen LogP contribution in [0.1, 0.15) is 16.8 Å². The SMILES string of the molecule is C=CCn1c(C)c(/C=N\NC(=O)CNc2cccc(C(F)(F)F)c2)c2ccccc21. The molecule has 30 heavy (non-hydrogen) atoms. The van der Waals surface area contributed by atoms with Crippen molar-refractivity contribution in [3.05, 3.63) is 78.0 Å². The number of rotatable bonds is 7. The molecule has 0 saturated heterocycles. The number of amides is 1. The number of nitrogens with one attached hydrogen (secondary N) is 2. The van der Waals surface area contributed by atoms with Crippen LogP contribution in [0.5, 0.6) is 0 Å². The van der Waals surface area contributed by atoms with Crippen molar-refractivity contribution in [1.82, 2.24) is 9.99 Å². The third-order valence-corrected chi connectivity index (χ3v) is 4.62. The molecule has 0 spiro atoms. The molecule has 1 aromatic heterocycles. The highest BCUT2D eigenvalue weighted by Crippen LogP contribution is 2.30. The van der Waals surface area contributed by atoms with Crippen LogP contribution in [-0.2, 0) is 17.5 Å². The molecule has 0 unspecified atom stereocenters. The first kappa shape index (κ1) is 21.2. The van der Waals surface area contributed by atoms with E-state index in [9.17, 15) is 18.0 Å². The van der Waals surface area contributed by atoms with E-state index in [1.165, 1.54) is 12.1 Å². The molecule has 0 saturated carbocycles. The van der Waals surface area contributed by atoms with Crippen molar-refractivity contribution in [2.75, 3.05) is 11.9 Å². The van der Waals surface area contributed by atoms with Crippen LogP contribution in [0.2, 0.25) is 0 Å². The lowest BCUT2D eigenvalue weighted by atomic mass is 10.1. The Morgan fingerprint density at radius 3 is 2.70 bits per heavy atom. The zero-order valence-corrected chi connectivity index (χ0v) is 16.3. The number of alkyl halides is 3. The second kappa shape index (κ2) is 8.86. The lowest BCUT2D eigenvalue weighted by molar-refractivity contribution is -0.137. The fraction of sp³-hybridized carbons (Fsp3) is 0.182. The van der Waals surface area contributed by atoms with Gasteiger partial charge in [-0.1, -0.05) is 30.3 Å². The van der Waals surface area contributed by atoms with Crippen LogP contribution in [0.15, 0.2) is 66.3 Å². The number of allylic oxidation sites excluding steroid dienone is 1. The molecule has 2 aromatic carbocycles. The summed E-state index contributed by atoms with van der Waals surface area (Å²) >= 11 is 0. The van der Waals surface area contributed by atoms with Crippen molar-refractivity contribution in [3.63, 3.8) is 0 Å². The third-order valence-electron chi connectivity index (χ3n) is 4.62. The van der Waals surface area contributed by atoms with Gasteiger partial charge in [0.2, 0.25) is 0 Å². The van der Waals surface area contributed by atoms with E-state index in [0.717, 1.165) is 34.3 Å². The van der Waals surface area contributed by atoms with Crippen LogP contribution >= 0.6 is 0 Å². The molecule has 0 fully saturated rings. The molecule has 0 aliphatic rings. The van der Waals surface area contributed by atoms with Crippen LogP contribution in [0.4, 0.5) is 18.9 Å². The molecule has 0 aliphatic carbocycles. The largest absolute Gasteiger partial charge is 0.416 e. The predicted octanol–water partition coefficient (Wildman–Crippen LogP) is 4.72. The molecule has 3 rings (SSSR count). The average molecular weight is 414 g/mol. The minimum absolute atomic E-state index is 0.201. The molecule has 0 radical (unpaired) electrons. The van der Waals surface area contributed by atoms with Gasteiger partial charge in [-0.25, -0.2) is 5.43 Å². The lowest BCUT2D eigenvalue weighted by Gasteiger charge is -2.10. The van der Waals surface area contributed by atoms with E-state index in [-0.39, 0.29) is 12.2 Å². The molecule has 5 nitrogen and oxygen atoms in total. The van der Waals surface area contributed by atoms with Gasteiger partial charge in [-0.2, -0.15) is 18.3 Å². The second-order valence-corrected chi connectivity index (χ2v) is 6.64. The van der Waals surface area contributed by atoms with Crippen LogP contribution in [0.25, 0.3) is 10.9 Å². The van der Waals surface area contributed by atoms with Crippen LogP contribution in [-0.4, -0.2) is 23.2 Å². The van der Waals surface area contributed by atoms with Gasteiger partial charge in [-0.3, -0.25) is 4.79 Å². The number of benzene rings is 2. The normalized spacial score (nSPS) is 11.7. The number of fused-ring (bicyclic) bond motifs is 1. The molecule has 0 bridgehead atoms. The highest BCUT2D eigenvalue weighted by Gasteiger charge is 2.30. The number of carbonyl (C=O) groups excluding carboxylic acids is 1. The molecular weight excluding hydrogens is 393 g/mol. The zero-order valence-electron chi connectivity index (χ0n) is 16.3. The maximum atomic E-state index is 12.8. The quantitative estimate of drug-likeness (QED) is 0.334. The molecule has 1 amide bonds. The van der Waals surface area contributed by atoms with Gasteiger partial charge in [-0.05, 0) is 31.2 Å². The molecule has 2 N–H and O–H groups in total. The first-order valence-electron chi connectivity index (χ1n) is 9.23. The standard InChI is InChI=1S/C22H21F3N4O/c1-3-11-29-15(2)19(18-9-4-5-10-20(18)29)13-27-28-21(30)14-26-17-8-6-7-16(12-17)22(23,24)25/h3-10,12-13,26H,1,11,14H2,2H3,(H,28,30)/b27-13-. The van der Waals surface area contributed by atoms with Gasteiger partial charge in [0.15, 0.2) is 0 Å². The van der Waals surface area contributed by atoms with Crippen molar-refractivity contribution < 1.29 is 18.0 Å². The predicted molar refractivity (Wildman–Crippen MR) is 113 cm³/mol. The van der Waals surface area contributed by atoms with Gasteiger partial charge in [0.1, 0.15) is 0 Å². The Balaban J connectivity index is 1.66. The third kappa shape index (κ3) is 4.71. The van der Waals surface area contributed by atoms with E-state index < -0.39 is 17.6 Å². The summed E-state index contributed by atoms with van der Waals surface area (Å²) in [6.07, 6.45) is -1.06. The van der Waals surface area contributed by atoms with Gasteiger partial charge in [-0.15, -0.1) is 6.58 Å². The summed E-state index contributed by atoms with van der Waals surface area (Å²) < 4.78 is 40.4. The van der Waals surface area contributed by atoms with Crippen molar-refractivity contribution in [1.29, 1.82) is 0 Å². The summed E-state index contributed by atoms with van der Waals surface area (Å²) in [6, 6.07) is 12.5. The monoisotopic (exact) mass is 414 g/mol. The van der Waals surface area contributed by atoms with Gasteiger partial charge in [0.05, 0.1) is 18.3 Å². The van der Waals surface area contributed by atoms with Gasteiger partial charge in [0, 0.05) is 34.4 Å². The van der Waals surface area contributed by atoms with E-state index in [4.69, 9.17) is 0 Å². The first-order valence-corrected chi connectivity index (χ1v) is 9.23. The number of anilines is 1. The number of para-hydroxylation sites is 1. The molecular formula is C22H21F3N4O. The summed E-state index contributed by atoms with van der Waals surface area (Å²) in [4.78, 5) is 12.0. The summed E-state index contributed by atoms with van der Waals surface area (Å²) in [7, 11) is 0. The maximum absolute atomic E-state index is 12.8. The number of hydrogen-bond acceptors (Lipinski definition) is 3. The Bertz CT molecular complexity index is 1100. The molecule has 8 heteroatoms. The summed E-state index contributed by atoms with van der Waals surface area (Å²) in [6.45, 7) is 6.18. The lowest BCUT2D eigenvalue weighted by Crippen LogP contribution is -2.26. The summed E-state index contributed by atoms with van der Waals surface area (Å²) in [5.41, 5.74) is 4.71. The number of carbonyl (C=O) groups is 1. The van der Waals surface area contributed by atoms with Crippen LogP contribution < -0.4 is 10.7 Å².